The number of nitrogens with zero attached hydrogens (tertiary/aromatic N) is 1. The molecule has 2 nitrogen and oxygen atoms in total. The molecule has 2 rings (SSSR count). The van der Waals surface area contributed by atoms with Gasteiger partial charge < -0.3 is 5.32 Å². The molecule has 0 aliphatic rings. The van der Waals surface area contributed by atoms with Gasteiger partial charge in [-0.1, -0.05) is 13.0 Å². The predicted molar refractivity (Wildman–Crippen MR) is 64.0 cm³/mol. The van der Waals surface area contributed by atoms with Crippen LogP contribution in [0.5, 0.6) is 0 Å². The summed E-state index contributed by atoms with van der Waals surface area (Å²) in [5, 5.41) is 5.76. The molecule has 1 unspecified atom stereocenters. The van der Waals surface area contributed by atoms with Gasteiger partial charge in [0.25, 0.3) is 0 Å². The van der Waals surface area contributed by atoms with Crippen molar-refractivity contribution in [2.24, 2.45) is 0 Å². The van der Waals surface area contributed by atoms with Gasteiger partial charge in [-0.15, -0.1) is 11.3 Å². The molecule has 0 aliphatic heterocycles. The lowest BCUT2D eigenvalue weighted by molar-refractivity contribution is 0.540. The summed E-state index contributed by atoms with van der Waals surface area (Å²) in [6.07, 6.45) is 1.67. The van der Waals surface area contributed by atoms with E-state index in [2.05, 4.69) is 10.3 Å². The zero-order valence-electron chi connectivity index (χ0n) is 9.28. The summed E-state index contributed by atoms with van der Waals surface area (Å²) in [4.78, 5) is 4.17. The molecule has 1 aromatic carbocycles. The molecule has 0 spiro atoms. The Bertz CT molecular complexity index is 485. The second kappa shape index (κ2) is 5.33. The van der Waals surface area contributed by atoms with E-state index in [4.69, 9.17) is 0 Å². The van der Waals surface area contributed by atoms with Crippen LogP contribution in [0.15, 0.2) is 29.8 Å². The predicted octanol–water partition coefficient (Wildman–Crippen LogP) is 3.12. The maximum atomic E-state index is 13.7. The summed E-state index contributed by atoms with van der Waals surface area (Å²) in [5.41, 5.74) is 0.420. The van der Waals surface area contributed by atoms with Gasteiger partial charge in [-0.05, 0) is 12.6 Å². The highest BCUT2D eigenvalue weighted by molar-refractivity contribution is 7.09. The lowest BCUT2D eigenvalue weighted by Gasteiger charge is -2.16. The molecule has 1 aromatic heterocycles. The number of benzene rings is 1. The van der Waals surface area contributed by atoms with Crippen LogP contribution in [0.2, 0.25) is 0 Å². The standard InChI is InChI=1S/C12H12F2N2S/c1-2-15-11(12-16-5-6-17-12)9-4-3-8(13)7-10(9)14/h3-7,11,15H,2H2,1H3. The lowest BCUT2D eigenvalue weighted by Crippen LogP contribution is -2.22. The third-order valence-corrected chi connectivity index (χ3v) is 3.22. The van der Waals surface area contributed by atoms with Crippen molar-refractivity contribution in [3.05, 3.63) is 52.0 Å². The maximum absolute atomic E-state index is 13.7. The average Bonchev–Trinajstić information content (AvgIpc) is 2.80. The second-order valence-electron chi connectivity index (χ2n) is 3.53. The Morgan fingerprint density at radius 3 is 2.82 bits per heavy atom. The minimum absolute atomic E-state index is 0.319. The van der Waals surface area contributed by atoms with Gasteiger partial charge in [-0.2, -0.15) is 0 Å². The quantitative estimate of drug-likeness (QED) is 0.906. The molecule has 0 saturated carbocycles. The second-order valence-corrected chi connectivity index (χ2v) is 4.45. The van der Waals surface area contributed by atoms with Crippen molar-refractivity contribution in [1.82, 2.24) is 10.3 Å². The first-order valence-corrected chi connectivity index (χ1v) is 6.18. The molecular formula is C12H12F2N2S. The van der Waals surface area contributed by atoms with Crippen molar-refractivity contribution in [1.29, 1.82) is 0 Å². The third kappa shape index (κ3) is 2.68. The molecule has 0 radical (unpaired) electrons. The molecule has 2 aromatic rings. The van der Waals surface area contributed by atoms with Crippen LogP contribution in [-0.2, 0) is 0 Å². The van der Waals surface area contributed by atoms with E-state index < -0.39 is 11.6 Å². The Kier molecular flexibility index (Phi) is 3.81. The summed E-state index contributed by atoms with van der Waals surface area (Å²) in [7, 11) is 0. The molecule has 0 amide bonds. The zero-order valence-corrected chi connectivity index (χ0v) is 10.1. The van der Waals surface area contributed by atoms with E-state index in [0.717, 1.165) is 11.1 Å². The monoisotopic (exact) mass is 254 g/mol. The number of rotatable bonds is 4. The van der Waals surface area contributed by atoms with Crippen molar-refractivity contribution >= 4 is 11.3 Å². The molecule has 0 bridgehead atoms. The van der Waals surface area contributed by atoms with Gasteiger partial charge in [0.05, 0.1) is 6.04 Å². The Morgan fingerprint density at radius 2 is 2.24 bits per heavy atom. The number of halogens is 2. The van der Waals surface area contributed by atoms with E-state index in [1.807, 2.05) is 12.3 Å². The number of thiazole rings is 1. The largest absolute Gasteiger partial charge is 0.304 e. The highest BCUT2D eigenvalue weighted by Gasteiger charge is 2.19. The number of aromatic nitrogens is 1. The Balaban J connectivity index is 2.39. The van der Waals surface area contributed by atoms with Gasteiger partial charge in [-0.3, -0.25) is 0 Å². The molecule has 1 heterocycles. The molecule has 1 atom stereocenters. The lowest BCUT2D eigenvalue weighted by atomic mass is 10.1. The van der Waals surface area contributed by atoms with Crippen molar-refractivity contribution in [2.75, 3.05) is 6.54 Å². The highest BCUT2D eigenvalue weighted by Crippen LogP contribution is 2.26. The minimum atomic E-state index is -0.569. The average molecular weight is 254 g/mol. The molecule has 0 fully saturated rings. The smallest absolute Gasteiger partial charge is 0.131 e. The van der Waals surface area contributed by atoms with E-state index in [1.54, 1.807) is 6.20 Å². The molecule has 0 aliphatic carbocycles. The molecule has 5 heteroatoms. The van der Waals surface area contributed by atoms with Gasteiger partial charge in [0.1, 0.15) is 16.6 Å². The van der Waals surface area contributed by atoms with Crippen molar-refractivity contribution < 1.29 is 8.78 Å². The number of nitrogens with one attached hydrogen (secondary N) is 1. The summed E-state index contributed by atoms with van der Waals surface area (Å²) < 4.78 is 26.6. The summed E-state index contributed by atoms with van der Waals surface area (Å²) in [6.45, 7) is 2.61. The van der Waals surface area contributed by atoms with Crippen LogP contribution in [0.25, 0.3) is 0 Å². The van der Waals surface area contributed by atoms with Gasteiger partial charge in [-0.25, -0.2) is 13.8 Å². The van der Waals surface area contributed by atoms with Crippen molar-refractivity contribution in [2.45, 2.75) is 13.0 Å². The van der Waals surface area contributed by atoms with Crippen LogP contribution in [-0.4, -0.2) is 11.5 Å². The van der Waals surface area contributed by atoms with E-state index >= 15 is 0 Å². The minimum Gasteiger partial charge on any atom is -0.304 e. The van der Waals surface area contributed by atoms with E-state index in [-0.39, 0.29) is 6.04 Å². The summed E-state index contributed by atoms with van der Waals surface area (Å²) in [5.74, 6) is -1.12. The normalized spacial score (nSPS) is 12.6. The molecule has 17 heavy (non-hydrogen) atoms. The molecule has 1 N–H and O–H groups in total. The van der Waals surface area contributed by atoms with Crippen molar-refractivity contribution in [3.8, 4) is 0 Å². The topological polar surface area (TPSA) is 24.9 Å². The number of hydrogen-bond donors (Lipinski definition) is 1. The fourth-order valence-corrected chi connectivity index (χ4v) is 2.38. The zero-order chi connectivity index (χ0) is 12.3. The van der Waals surface area contributed by atoms with Crippen LogP contribution in [0.4, 0.5) is 8.78 Å². The van der Waals surface area contributed by atoms with E-state index in [0.29, 0.717) is 12.1 Å². The highest BCUT2D eigenvalue weighted by atomic mass is 32.1. The van der Waals surface area contributed by atoms with Crippen LogP contribution in [0.1, 0.15) is 23.5 Å². The summed E-state index contributed by atoms with van der Waals surface area (Å²) >= 11 is 1.44. The van der Waals surface area contributed by atoms with Crippen LogP contribution in [0.3, 0.4) is 0 Å². The first-order valence-electron chi connectivity index (χ1n) is 5.30. The van der Waals surface area contributed by atoms with Crippen LogP contribution < -0.4 is 5.32 Å². The SMILES string of the molecule is CCNC(c1nccs1)c1ccc(F)cc1F. The van der Waals surface area contributed by atoms with Crippen LogP contribution in [0, 0.1) is 11.6 Å². The summed E-state index contributed by atoms with van der Waals surface area (Å²) in [6, 6.07) is 3.30. The van der Waals surface area contributed by atoms with Crippen LogP contribution >= 0.6 is 11.3 Å². The van der Waals surface area contributed by atoms with Gasteiger partial charge in [0.2, 0.25) is 0 Å². The first-order chi connectivity index (χ1) is 8.22. The Hall–Kier alpha value is -1.33. The first kappa shape index (κ1) is 12.1. The molecule has 90 valence electrons. The van der Waals surface area contributed by atoms with Gasteiger partial charge in [0.15, 0.2) is 0 Å². The van der Waals surface area contributed by atoms with E-state index in [1.165, 1.54) is 23.5 Å². The molecular weight excluding hydrogens is 242 g/mol. The number of hydrogen-bond acceptors (Lipinski definition) is 3. The fraction of sp³-hybridized carbons (Fsp3) is 0.250. The Labute approximate surface area is 102 Å². The van der Waals surface area contributed by atoms with Gasteiger partial charge in [0, 0.05) is 23.2 Å². The Morgan fingerprint density at radius 1 is 1.41 bits per heavy atom. The fourth-order valence-electron chi connectivity index (χ4n) is 1.65. The van der Waals surface area contributed by atoms with E-state index in [9.17, 15) is 8.78 Å². The third-order valence-electron chi connectivity index (χ3n) is 2.38. The molecule has 0 saturated heterocycles. The van der Waals surface area contributed by atoms with Crippen molar-refractivity contribution in [3.63, 3.8) is 0 Å². The maximum Gasteiger partial charge on any atom is 0.131 e. The van der Waals surface area contributed by atoms with Gasteiger partial charge >= 0.3 is 0 Å².